The molecule has 0 saturated heterocycles. The highest BCUT2D eigenvalue weighted by Crippen LogP contribution is 2.07. The van der Waals surface area contributed by atoms with Crippen molar-refractivity contribution in [3.05, 3.63) is 9.40 Å². The summed E-state index contributed by atoms with van der Waals surface area (Å²) in [5.41, 5.74) is 1.26. The third-order valence-corrected chi connectivity index (χ3v) is 2.32. The van der Waals surface area contributed by atoms with Crippen molar-refractivity contribution < 1.29 is 0 Å². The summed E-state index contributed by atoms with van der Waals surface area (Å²) in [7, 11) is 0. The first-order chi connectivity index (χ1) is 3.80. The third kappa shape index (κ3) is 1.27. The molecular formula is C5H9IN2. The Kier molecular flexibility index (Phi) is 1.99. The molecule has 0 spiro atoms. The number of hydrogen-bond acceptors (Lipinski definition) is 2. The summed E-state index contributed by atoms with van der Waals surface area (Å²) >= 11 is 2.29. The van der Waals surface area contributed by atoms with E-state index in [1.807, 2.05) is 0 Å². The van der Waals surface area contributed by atoms with Gasteiger partial charge in [-0.1, -0.05) is 0 Å². The standard InChI is InChI=1S/C5H9IN2/c1-4-5(6)8-3-2-7-4/h7-8H,2-3H2,1H3. The molecule has 0 aromatic rings. The van der Waals surface area contributed by atoms with Crippen molar-refractivity contribution >= 4 is 22.6 Å². The summed E-state index contributed by atoms with van der Waals surface area (Å²) in [6.07, 6.45) is 0. The Morgan fingerprint density at radius 3 is 2.38 bits per heavy atom. The van der Waals surface area contributed by atoms with Crippen LogP contribution in [0.15, 0.2) is 9.40 Å². The maximum Gasteiger partial charge on any atom is 0.0921 e. The fourth-order valence-electron chi connectivity index (χ4n) is 0.632. The molecule has 8 heavy (non-hydrogen) atoms. The van der Waals surface area contributed by atoms with Crippen molar-refractivity contribution in [3.8, 4) is 0 Å². The molecule has 0 unspecified atom stereocenters. The molecule has 0 amide bonds. The lowest BCUT2D eigenvalue weighted by molar-refractivity contribution is 0.682. The van der Waals surface area contributed by atoms with E-state index in [0.717, 1.165) is 13.1 Å². The van der Waals surface area contributed by atoms with E-state index in [1.54, 1.807) is 0 Å². The van der Waals surface area contributed by atoms with E-state index in [2.05, 4.69) is 40.1 Å². The summed E-state index contributed by atoms with van der Waals surface area (Å²) in [4.78, 5) is 0. The van der Waals surface area contributed by atoms with Crippen molar-refractivity contribution in [2.24, 2.45) is 0 Å². The van der Waals surface area contributed by atoms with Crippen molar-refractivity contribution in [2.75, 3.05) is 13.1 Å². The van der Waals surface area contributed by atoms with Gasteiger partial charge in [-0.15, -0.1) is 0 Å². The third-order valence-electron chi connectivity index (χ3n) is 1.12. The zero-order valence-corrected chi connectivity index (χ0v) is 6.95. The Morgan fingerprint density at radius 2 is 2.00 bits per heavy atom. The molecule has 0 radical (unpaired) electrons. The van der Waals surface area contributed by atoms with Gasteiger partial charge >= 0.3 is 0 Å². The van der Waals surface area contributed by atoms with Gasteiger partial charge in [0.25, 0.3) is 0 Å². The molecule has 1 rings (SSSR count). The molecule has 3 heteroatoms. The van der Waals surface area contributed by atoms with Crippen molar-refractivity contribution in [1.29, 1.82) is 0 Å². The lowest BCUT2D eigenvalue weighted by Gasteiger charge is -2.16. The van der Waals surface area contributed by atoms with Crippen LogP contribution in [0.1, 0.15) is 6.92 Å². The van der Waals surface area contributed by atoms with E-state index in [9.17, 15) is 0 Å². The highest BCUT2D eigenvalue weighted by atomic mass is 127. The Morgan fingerprint density at radius 1 is 1.38 bits per heavy atom. The molecule has 1 aliphatic rings. The average molecular weight is 224 g/mol. The largest absolute Gasteiger partial charge is 0.385 e. The van der Waals surface area contributed by atoms with E-state index in [1.165, 1.54) is 9.40 Å². The molecule has 2 nitrogen and oxygen atoms in total. The number of hydrogen-bond donors (Lipinski definition) is 2. The molecule has 46 valence electrons. The van der Waals surface area contributed by atoms with E-state index in [4.69, 9.17) is 0 Å². The quantitative estimate of drug-likeness (QED) is 0.469. The summed E-state index contributed by atoms with van der Waals surface area (Å²) in [6, 6.07) is 0. The molecule has 2 N–H and O–H groups in total. The number of nitrogens with one attached hydrogen (secondary N) is 2. The van der Waals surface area contributed by atoms with Crippen LogP contribution in [-0.4, -0.2) is 13.1 Å². The minimum atomic E-state index is 1.05. The van der Waals surface area contributed by atoms with E-state index < -0.39 is 0 Å². The van der Waals surface area contributed by atoms with Gasteiger partial charge in [0.15, 0.2) is 0 Å². The Labute approximate surface area is 62.9 Å². The molecule has 0 fully saturated rings. The van der Waals surface area contributed by atoms with Crippen LogP contribution in [0, 0.1) is 0 Å². The summed E-state index contributed by atoms with van der Waals surface area (Å²) in [5, 5.41) is 6.48. The monoisotopic (exact) mass is 224 g/mol. The zero-order valence-electron chi connectivity index (χ0n) is 4.79. The fraction of sp³-hybridized carbons (Fsp3) is 0.600. The predicted molar refractivity (Wildman–Crippen MR) is 42.7 cm³/mol. The molecule has 1 heterocycles. The van der Waals surface area contributed by atoms with Crippen molar-refractivity contribution in [2.45, 2.75) is 6.92 Å². The first-order valence-electron chi connectivity index (χ1n) is 2.65. The first kappa shape index (κ1) is 6.19. The van der Waals surface area contributed by atoms with E-state index >= 15 is 0 Å². The molecule has 0 saturated carbocycles. The minimum Gasteiger partial charge on any atom is -0.385 e. The van der Waals surface area contributed by atoms with Crippen LogP contribution >= 0.6 is 22.6 Å². The first-order valence-corrected chi connectivity index (χ1v) is 3.72. The molecule has 1 aliphatic heterocycles. The van der Waals surface area contributed by atoms with Gasteiger partial charge in [0.2, 0.25) is 0 Å². The van der Waals surface area contributed by atoms with Crippen LogP contribution in [-0.2, 0) is 0 Å². The zero-order chi connectivity index (χ0) is 5.98. The van der Waals surface area contributed by atoms with E-state index in [-0.39, 0.29) is 0 Å². The SMILES string of the molecule is CC1=C(I)NCCN1. The lowest BCUT2D eigenvalue weighted by atomic mass is 10.4. The van der Waals surface area contributed by atoms with Crippen molar-refractivity contribution in [3.63, 3.8) is 0 Å². The van der Waals surface area contributed by atoms with Crippen LogP contribution in [0.3, 0.4) is 0 Å². The fourth-order valence-corrected chi connectivity index (χ4v) is 1.09. The van der Waals surface area contributed by atoms with Gasteiger partial charge in [0.1, 0.15) is 0 Å². The second-order valence-corrected chi connectivity index (χ2v) is 2.87. The summed E-state index contributed by atoms with van der Waals surface area (Å²) in [5.74, 6) is 0. The Balaban J connectivity index is 2.60. The Hall–Kier alpha value is 0.0700. The summed E-state index contributed by atoms with van der Waals surface area (Å²) < 4.78 is 1.24. The van der Waals surface area contributed by atoms with Crippen LogP contribution in [0.5, 0.6) is 0 Å². The lowest BCUT2D eigenvalue weighted by Crippen LogP contribution is -2.32. The second kappa shape index (κ2) is 2.57. The predicted octanol–water partition coefficient (Wildman–Crippen LogP) is 0.803. The maximum absolute atomic E-state index is 3.24. The molecule has 0 bridgehead atoms. The number of allylic oxidation sites excluding steroid dienone is 1. The van der Waals surface area contributed by atoms with E-state index in [0.29, 0.717) is 0 Å². The molecule has 0 atom stereocenters. The molecular weight excluding hydrogens is 215 g/mol. The maximum atomic E-state index is 3.24. The topological polar surface area (TPSA) is 24.1 Å². The number of rotatable bonds is 0. The summed E-state index contributed by atoms with van der Waals surface area (Å²) in [6.45, 7) is 4.18. The highest BCUT2D eigenvalue weighted by molar-refractivity contribution is 14.1. The van der Waals surface area contributed by atoms with Gasteiger partial charge in [-0.3, -0.25) is 0 Å². The highest BCUT2D eigenvalue weighted by Gasteiger charge is 2.01. The van der Waals surface area contributed by atoms with Crippen LogP contribution in [0.2, 0.25) is 0 Å². The molecule has 0 aliphatic carbocycles. The number of halogens is 1. The van der Waals surface area contributed by atoms with Crippen LogP contribution < -0.4 is 10.6 Å². The van der Waals surface area contributed by atoms with Gasteiger partial charge in [0.05, 0.1) is 3.70 Å². The normalized spacial score (nSPS) is 19.8. The van der Waals surface area contributed by atoms with Gasteiger partial charge in [-0.05, 0) is 29.5 Å². The van der Waals surface area contributed by atoms with Gasteiger partial charge in [-0.25, -0.2) is 0 Å². The minimum absolute atomic E-state index is 1.05. The Bertz CT molecular complexity index is 106. The van der Waals surface area contributed by atoms with Gasteiger partial charge in [0, 0.05) is 18.8 Å². The smallest absolute Gasteiger partial charge is 0.0921 e. The van der Waals surface area contributed by atoms with Crippen LogP contribution in [0.4, 0.5) is 0 Å². The van der Waals surface area contributed by atoms with Crippen LogP contribution in [0.25, 0.3) is 0 Å². The molecule has 0 aromatic carbocycles. The van der Waals surface area contributed by atoms with Gasteiger partial charge < -0.3 is 10.6 Å². The molecule has 0 aromatic heterocycles. The van der Waals surface area contributed by atoms with Gasteiger partial charge in [-0.2, -0.15) is 0 Å². The second-order valence-electron chi connectivity index (χ2n) is 1.79. The average Bonchev–Trinajstić information content (AvgIpc) is 1.77. The van der Waals surface area contributed by atoms with Crippen molar-refractivity contribution in [1.82, 2.24) is 10.6 Å².